The number of benzene rings is 3. The zero-order chi connectivity index (χ0) is 19.5. The fourth-order valence-corrected chi connectivity index (χ4v) is 4.55. The Hall–Kier alpha value is -2.84. The standard InChI is InChI=1S/C26H24OS/c1-18-16-24(27-17-21-10-6-4-7-11-21)25(20(3)19(18)2)26-23(14-15-28-26)22-12-8-5-9-13-22/h4-16H,17H2,1-3H3. The molecular weight excluding hydrogens is 360 g/mol. The topological polar surface area (TPSA) is 9.23 Å². The summed E-state index contributed by atoms with van der Waals surface area (Å²) in [5.41, 5.74) is 8.79. The van der Waals surface area contributed by atoms with Crippen LogP contribution in [0.5, 0.6) is 5.75 Å². The van der Waals surface area contributed by atoms with Crippen LogP contribution < -0.4 is 4.74 Å². The Labute approximate surface area is 171 Å². The van der Waals surface area contributed by atoms with E-state index in [1.165, 1.54) is 43.8 Å². The van der Waals surface area contributed by atoms with E-state index >= 15 is 0 Å². The Balaban J connectivity index is 1.81. The monoisotopic (exact) mass is 384 g/mol. The van der Waals surface area contributed by atoms with Crippen LogP contribution in [0.25, 0.3) is 21.6 Å². The largest absolute Gasteiger partial charge is 0.488 e. The molecule has 4 rings (SSSR count). The van der Waals surface area contributed by atoms with Crippen LogP contribution in [0.15, 0.2) is 78.2 Å². The van der Waals surface area contributed by atoms with E-state index in [-0.39, 0.29) is 0 Å². The summed E-state index contributed by atoms with van der Waals surface area (Å²) in [4.78, 5) is 1.27. The number of hydrogen-bond donors (Lipinski definition) is 0. The molecule has 0 radical (unpaired) electrons. The third-order valence-electron chi connectivity index (χ3n) is 5.34. The summed E-state index contributed by atoms with van der Waals surface area (Å²) in [6.45, 7) is 7.14. The third-order valence-corrected chi connectivity index (χ3v) is 6.27. The summed E-state index contributed by atoms with van der Waals surface area (Å²) in [5, 5.41) is 2.17. The molecule has 0 aliphatic rings. The van der Waals surface area contributed by atoms with Gasteiger partial charge in [-0.3, -0.25) is 0 Å². The fraction of sp³-hybridized carbons (Fsp3) is 0.154. The molecule has 2 heteroatoms. The van der Waals surface area contributed by atoms with E-state index in [9.17, 15) is 0 Å². The molecule has 1 aromatic heterocycles. The first-order valence-corrected chi connectivity index (χ1v) is 10.4. The first-order valence-electron chi connectivity index (χ1n) is 9.56. The van der Waals surface area contributed by atoms with Crippen molar-refractivity contribution < 1.29 is 4.74 Å². The van der Waals surface area contributed by atoms with Gasteiger partial charge >= 0.3 is 0 Å². The lowest BCUT2D eigenvalue weighted by atomic mass is 9.94. The third kappa shape index (κ3) is 3.61. The van der Waals surface area contributed by atoms with E-state index in [0.29, 0.717) is 6.61 Å². The van der Waals surface area contributed by atoms with Gasteiger partial charge in [0.1, 0.15) is 12.4 Å². The first kappa shape index (κ1) is 18.5. The van der Waals surface area contributed by atoms with Crippen molar-refractivity contribution in [1.82, 2.24) is 0 Å². The Morgan fingerprint density at radius 2 is 1.46 bits per heavy atom. The molecule has 0 N–H and O–H groups in total. The zero-order valence-electron chi connectivity index (χ0n) is 16.5. The van der Waals surface area contributed by atoms with Crippen LogP contribution in [0.1, 0.15) is 22.3 Å². The fourth-order valence-electron chi connectivity index (χ4n) is 3.52. The van der Waals surface area contributed by atoms with Crippen LogP contribution in [0.4, 0.5) is 0 Å². The molecule has 0 unspecified atom stereocenters. The quantitative estimate of drug-likeness (QED) is 0.344. The molecular formula is C26H24OS. The molecule has 28 heavy (non-hydrogen) atoms. The summed E-state index contributed by atoms with van der Waals surface area (Å²) in [7, 11) is 0. The smallest absolute Gasteiger partial charge is 0.129 e. The van der Waals surface area contributed by atoms with Crippen LogP contribution in [-0.2, 0) is 6.61 Å². The summed E-state index contributed by atoms with van der Waals surface area (Å²) >= 11 is 1.78. The summed E-state index contributed by atoms with van der Waals surface area (Å²) in [5.74, 6) is 0.962. The Bertz CT molecular complexity index is 1080. The highest BCUT2D eigenvalue weighted by Crippen LogP contribution is 2.44. The van der Waals surface area contributed by atoms with E-state index in [1.54, 1.807) is 11.3 Å². The number of aryl methyl sites for hydroxylation is 1. The lowest BCUT2D eigenvalue weighted by Crippen LogP contribution is -2.00. The minimum absolute atomic E-state index is 0.571. The molecule has 0 spiro atoms. The van der Waals surface area contributed by atoms with Gasteiger partial charge in [-0.2, -0.15) is 0 Å². The van der Waals surface area contributed by atoms with Crippen LogP contribution in [-0.4, -0.2) is 0 Å². The predicted molar refractivity (Wildman–Crippen MR) is 120 cm³/mol. The molecule has 4 aromatic rings. The first-order chi connectivity index (χ1) is 13.6. The maximum Gasteiger partial charge on any atom is 0.129 e. The molecule has 0 bridgehead atoms. The SMILES string of the molecule is Cc1cc(OCc2ccccc2)c(-c2sccc2-c2ccccc2)c(C)c1C. The van der Waals surface area contributed by atoms with Crippen LogP contribution in [0.2, 0.25) is 0 Å². The van der Waals surface area contributed by atoms with Crippen molar-refractivity contribution in [3.8, 4) is 27.3 Å². The number of ether oxygens (including phenoxy) is 1. The number of thiophene rings is 1. The highest BCUT2D eigenvalue weighted by Gasteiger charge is 2.19. The maximum atomic E-state index is 6.36. The number of rotatable bonds is 5. The van der Waals surface area contributed by atoms with Crippen molar-refractivity contribution in [2.45, 2.75) is 27.4 Å². The molecule has 0 saturated heterocycles. The van der Waals surface area contributed by atoms with Crippen molar-refractivity contribution in [2.75, 3.05) is 0 Å². The van der Waals surface area contributed by atoms with Gasteiger partial charge in [0.05, 0.1) is 0 Å². The van der Waals surface area contributed by atoms with E-state index in [2.05, 4.69) is 92.9 Å². The summed E-state index contributed by atoms with van der Waals surface area (Å²) in [6.07, 6.45) is 0. The van der Waals surface area contributed by atoms with Gasteiger partial charge in [0, 0.05) is 16.0 Å². The highest BCUT2D eigenvalue weighted by molar-refractivity contribution is 7.14. The number of hydrogen-bond acceptors (Lipinski definition) is 2. The van der Waals surface area contributed by atoms with E-state index in [4.69, 9.17) is 4.74 Å². The Kier molecular flexibility index (Phi) is 5.31. The molecule has 1 nitrogen and oxygen atoms in total. The molecule has 1 heterocycles. The molecule has 140 valence electrons. The van der Waals surface area contributed by atoms with Gasteiger partial charge in [0.15, 0.2) is 0 Å². The van der Waals surface area contributed by atoms with Crippen LogP contribution in [0, 0.1) is 20.8 Å². The van der Waals surface area contributed by atoms with Gasteiger partial charge in [-0.25, -0.2) is 0 Å². The van der Waals surface area contributed by atoms with E-state index < -0.39 is 0 Å². The average molecular weight is 385 g/mol. The molecule has 0 aliphatic carbocycles. The molecule has 0 fully saturated rings. The summed E-state index contributed by atoms with van der Waals surface area (Å²) < 4.78 is 6.36. The van der Waals surface area contributed by atoms with Crippen molar-refractivity contribution in [3.63, 3.8) is 0 Å². The van der Waals surface area contributed by atoms with E-state index in [1.807, 2.05) is 6.07 Å². The minimum Gasteiger partial charge on any atom is -0.488 e. The van der Waals surface area contributed by atoms with Crippen molar-refractivity contribution in [1.29, 1.82) is 0 Å². The van der Waals surface area contributed by atoms with Gasteiger partial charge < -0.3 is 4.74 Å². The van der Waals surface area contributed by atoms with Gasteiger partial charge in [-0.05, 0) is 66.1 Å². The molecule has 0 amide bonds. The normalized spacial score (nSPS) is 10.8. The maximum absolute atomic E-state index is 6.36. The van der Waals surface area contributed by atoms with Gasteiger partial charge in [0.25, 0.3) is 0 Å². The lowest BCUT2D eigenvalue weighted by molar-refractivity contribution is 0.307. The zero-order valence-corrected chi connectivity index (χ0v) is 17.3. The molecule has 0 saturated carbocycles. The van der Waals surface area contributed by atoms with Gasteiger partial charge in [-0.15, -0.1) is 11.3 Å². The Morgan fingerprint density at radius 1 is 0.786 bits per heavy atom. The summed E-state index contributed by atoms with van der Waals surface area (Å²) in [6, 6.07) is 25.4. The second-order valence-electron chi connectivity index (χ2n) is 7.12. The van der Waals surface area contributed by atoms with E-state index in [0.717, 1.165) is 5.75 Å². The second-order valence-corrected chi connectivity index (χ2v) is 8.04. The average Bonchev–Trinajstić information content (AvgIpc) is 3.21. The van der Waals surface area contributed by atoms with Crippen LogP contribution >= 0.6 is 11.3 Å². The minimum atomic E-state index is 0.571. The Morgan fingerprint density at radius 3 is 2.18 bits per heavy atom. The molecule has 0 atom stereocenters. The van der Waals surface area contributed by atoms with Crippen molar-refractivity contribution in [3.05, 3.63) is 100 Å². The second kappa shape index (κ2) is 8.04. The van der Waals surface area contributed by atoms with Gasteiger partial charge in [0.2, 0.25) is 0 Å². The molecule has 3 aromatic carbocycles. The van der Waals surface area contributed by atoms with Gasteiger partial charge in [-0.1, -0.05) is 60.7 Å². The lowest BCUT2D eigenvalue weighted by Gasteiger charge is -2.18. The predicted octanol–water partition coefficient (Wildman–Crippen LogP) is 7.59. The van der Waals surface area contributed by atoms with Crippen molar-refractivity contribution >= 4 is 11.3 Å². The van der Waals surface area contributed by atoms with Crippen LogP contribution in [0.3, 0.4) is 0 Å². The van der Waals surface area contributed by atoms with Crippen molar-refractivity contribution in [2.24, 2.45) is 0 Å². The molecule has 0 aliphatic heterocycles. The highest BCUT2D eigenvalue weighted by atomic mass is 32.1.